The minimum atomic E-state index is -0.766. The van der Waals surface area contributed by atoms with Crippen LogP contribution in [0.3, 0.4) is 0 Å². The number of pyridine rings is 1. The zero-order chi connectivity index (χ0) is 15.8. The molecule has 1 N–H and O–H groups in total. The molecule has 2 rings (SSSR count). The number of halogens is 2. The van der Waals surface area contributed by atoms with Crippen LogP contribution in [0.15, 0.2) is 48.7 Å². The lowest BCUT2D eigenvalue weighted by molar-refractivity contribution is -0.699. The molecule has 1 heterocycles. The van der Waals surface area contributed by atoms with Gasteiger partial charge in [0.25, 0.3) is 0 Å². The Morgan fingerprint density at radius 2 is 1.83 bits per heavy atom. The molecule has 0 atom stereocenters. The number of hydrogen-bond acceptors (Lipinski definition) is 1. The molecule has 0 aliphatic carbocycles. The van der Waals surface area contributed by atoms with E-state index >= 15 is 0 Å². The van der Waals surface area contributed by atoms with Gasteiger partial charge in [-0.1, -0.05) is 18.2 Å². The molecule has 0 amide bonds. The van der Waals surface area contributed by atoms with Crippen molar-refractivity contribution >= 4 is 18.1 Å². The summed E-state index contributed by atoms with van der Waals surface area (Å²) < 4.78 is 15.6. The van der Waals surface area contributed by atoms with Crippen molar-refractivity contribution in [3.63, 3.8) is 0 Å². The summed E-state index contributed by atoms with van der Waals surface area (Å²) in [6, 6.07) is 12.4. The van der Waals surface area contributed by atoms with Crippen LogP contribution in [0.1, 0.15) is 30.5 Å². The molecule has 0 bridgehead atoms. The van der Waals surface area contributed by atoms with E-state index in [-0.39, 0.29) is 24.6 Å². The van der Waals surface area contributed by atoms with Crippen molar-refractivity contribution in [3.05, 3.63) is 65.7 Å². The second-order valence-electron chi connectivity index (χ2n) is 5.02. The van der Waals surface area contributed by atoms with Gasteiger partial charge in [0.2, 0.25) is 5.69 Å². The lowest BCUT2D eigenvalue weighted by Gasteiger charge is -2.00. The van der Waals surface area contributed by atoms with E-state index in [1.165, 1.54) is 6.07 Å². The molecule has 122 valence electrons. The van der Waals surface area contributed by atoms with E-state index in [1.807, 2.05) is 35.0 Å². The molecular formula is C18H19ClFNO2. The fourth-order valence-electron chi connectivity index (χ4n) is 2.19. The van der Waals surface area contributed by atoms with E-state index in [2.05, 4.69) is 0 Å². The first-order chi connectivity index (χ1) is 10.7. The minimum Gasteiger partial charge on any atom is -1.00 e. The standard InChI is InChI=1S/C18H18FNO2.ClH/c19-17-9-2-1-7-15(17)11-12-16-8-3-5-13-20(16)14-6-4-10-18(21)22;/h1-3,5,7-9,11-13H,4,6,10,14H2;1H/b12-11+;. The van der Waals surface area contributed by atoms with E-state index < -0.39 is 5.97 Å². The lowest BCUT2D eigenvalue weighted by atomic mass is 10.1. The van der Waals surface area contributed by atoms with Gasteiger partial charge in [-0.3, -0.25) is 4.79 Å². The van der Waals surface area contributed by atoms with Crippen LogP contribution in [0.4, 0.5) is 4.39 Å². The Labute approximate surface area is 141 Å². The molecule has 0 unspecified atom stereocenters. The van der Waals surface area contributed by atoms with Crippen molar-refractivity contribution in [2.45, 2.75) is 25.8 Å². The number of nitrogens with zero attached hydrogens (tertiary/aromatic N) is 1. The van der Waals surface area contributed by atoms with E-state index in [1.54, 1.807) is 24.3 Å². The molecule has 2 aromatic rings. The molecule has 0 spiro atoms. The molecule has 1 aromatic heterocycles. The first-order valence-corrected chi connectivity index (χ1v) is 7.30. The van der Waals surface area contributed by atoms with Crippen LogP contribution in [0.25, 0.3) is 12.2 Å². The largest absolute Gasteiger partial charge is 1.00 e. The van der Waals surface area contributed by atoms with Crippen molar-refractivity contribution in [3.8, 4) is 0 Å². The summed E-state index contributed by atoms with van der Waals surface area (Å²) in [5.74, 6) is -1.01. The maximum Gasteiger partial charge on any atom is 0.303 e. The van der Waals surface area contributed by atoms with Crippen LogP contribution >= 0.6 is 0 Å². The van der Waals surface area contributed by atoms with Gasteiger partial charge in [0.05, 0.1) is 0 Å². The van der Waals surface area contributed by atoms with Gasteiger partial charge in [-0.05, 0) is 24.6 Å². The highest BCUT2D eigenvalue weighted by atomic mass is 35.5. The highest BCUT2D eigenvalue weighted by Crippen LogP contribution is 2.10. The quantitative estimate of drug-likeness (QED) is 0.593. The third-order valence-corrected chi connectivity index (χ3v) is 3.35. The number of carboxylic acid groups (broad SMARTS) is 1. The minimum absolute atomic E-state index is 0. The number of aryl methyl sites for hydroxylation is 1. The van der Waals surface area contributed by atoms with E-state index in [4.69, 9.17) is 5.11 Å². The smallest absolute Gasteiger partial charge is 0.303 e. The second kappa shape index (κ2) is 9.74. The Hall–Kier alpha value is -2.20. The van der Waals surface area contributed by atoms with Crippen LogP contribution < -0.4 is 17.0 Å². The van der Waals surface area contributed by atoms with Gasteiger partial charge in [-0.2, -0.15) is 4.57 Å². The number of carbonyl (C=O) groups is 1. The third kappa shape index (κ3) is 6.20. The number of rotatable bonds is 7. The maximum atomic E-state index is 13.6. The van der Waals surface area contributed by atoms with Crippen molar-refractivity contribution in [1.29, 1.82) is 0 Å². The number of aromatic nitrogens is 1. The Balaban J connectivity index is 0.00000264. The van der Waals surface area contributed by atoms with Crippen molar-refractivity contribution < 1.29 is 31.3 Å². The number of benzene rings is 1. The normalized spacial score (nSPS) is 10.5. The monoisotopic (exact) mass is 335 g/mol. The van der Waals surface area contributed by atoms with Crippen LogP contribution in [-0.4, -0.2) is 11.1 Å². The highest BCUT2D eigenvalue weighted by Gasteiger charge is 2.07. The van der Waals surface area contributed by atoms with Gasteiger partial charge in [-0.25, -0.2) is 4.39 Å². The molecule has 23 heavy (non-hydrogen) atoms. The fourth-order valence-corrected chi connectivity index (χ4v) is 2.19. The zero-order valence-electron chi connectivity index (χ0n) is 12.7. The first-order valence-electron chi connectivity index (χ1n) is 7.30. The summed E-state index contributed by atoms with van der Waals surface area (Å²) in [7, 11) is 0. The lowest BCUT2D eigenvalue weighted by Crippen LogP contribution is -3.00. The van der Waals surface area contributed by atoms with Gasteiger partial charge in [0, 0.05) is 36.6 Å². The average Bonchev–Trinajstić information content (AvgIpc) is 2.51. The Morgan fingerprint density at radius 1 is 1.09 bits per heavy atom. The molecular weight excluding hydrogens is 317 g/mol. The molecule has 0 fully saturated rings. The van der Waals surface area contributed by atoms with E-state index in [9.17, 15) is 9.18 Å². The molecule has 0 radical (unpaired) electrons. The number of aliphatic carboxylic acids is 1. The summed E-state index contributed by atoms with van der Waals surface area (Å²) in [4.78, 5) is 10.5. The molecule has 0 aliphatic rings. The van der Waals surface area contributed by atoms with E-state index in [0.29, 0.717) is 12.0 Å². The molecule has 3 nitrogen and oxygen atoms in total. The summed E-state index contributed by atoms with van der Waals surface area (Å²) >= 11 is 0. The molecule has 0 aliphatic heterocycles. The Morgan fingerprint density at radius 3 is 2.57 bits per heavy atom. The van der Waals surface area contributed by atoms with Crippen molar-refractivity contribution in [2.75, 3.05) is 0 Å². The summed E-state index contributed by atoms with van der Waals surface area (Å²) in [5.41, 5.74) is 1.50. The van der Waals surface area contributed by atoms with Crippen LogP contribution in [0.5, 0.6) is 0 Å². The van der Waals surface area contributed by atoms with Crippen LogP contribution in [0, 0.1) is 5.82 Å². The third-order valence-electron chi connectivity index (χ3n) is 3.35. The van der Waals surface area contributed by atoms with Crippen molar-refractivity contribution in [2.24, 2.45) is 0 Å². The predicted octanol–water partition coefficient (Wildman–Crippen LogP) is 0.542. The molecule has 0 saturated carbocycles. The topological polar surface area (TPSA) is 41.2 Å². The predicted molar refractivity (Wildman–Crippen MR) is 83.5 cm³/mol. The highest BCUT2D eigenvalue weighted by molar-refractivity contribution is 5.67. The Bertz CT molecular complexity index is 674. The number of unbranched alkanes of at least 4 members (excludes halogenated alkanes) is 1. The summed E-state index contributed by atoms with van der Waals surface area (Å²) in [6.07, 6.45) is 7.19. The number of carboxylic acids is 1. The van der Waals surface area contributed by atoms with Gasteiger partial charge in [0.1, 0.15) is 12.4 Å². The first kappa shape index (κ1) is 18.8. The average molecular weight is 336 g/mol. The fraction of sp³-hybridized carbons (Fsp3) is 0.222. The maximum absolute atomic E-state index is 13.6. The Kier molecular flexibility index (Phi) is 7.98. The number of hydrogen-bond donors (Lipinski definition) is 1. The molecule has 0 saturated heterocycles. The zero-order valence-corrected chi connectivity index (χ0v) is 13.4. The molecule has 5 heteroatoms. The van der Waals surface area contributed by atoms with Gasteiger partial charge >= 0.3 is 5.97 Å². The summed E-state index contributed by atoms with van der Waals surface area (Å²) in [6.45, 7) is 0.741. The SMILES string of the molecule is O=C(O)CCCC[n+]1ccccc1/C=C/c1ccccc1F.[Cl-]. The second-order valence-corrected chi connectivity index (χ2v) is 5.02. The van der Waals surface area contributed by atoms with Crippen LogP contribution in [0.2, 0.25) is 0 Å². The van der Waals surface area contributed by atoms with Gasteiger partial charge in [0.15, 0.2) is 6.20 Å². The van der Waals surface area contributed by atoms with Gasteiger partial charge in [-0.15, -0.1) is 0 Å². The van der Waals surface area contributed by atoms with E-state index in [0.717, 1.165) is 18.7 Å². The van der Waals surface area contributed by atoms with Gasteiger partial charge < -0.3 is 17.5 Å². The summed E-state index contributed by atoms with van der Waals surface area (Å²) in [5, 5.41) is 8.65. The molecule has 1 aromatic carbocycles. The van der Waals surface area contributed by atoms with Crippen molar-refractivity contribution in [1.82, 2.24) is 0 Å². The van der Waals surface area contributed by atoms with Crippen LogP contribution in [-0.2, 0) is 11.3 Å².